The molecule has 0 radical (unpaired) electrons. The molecule has 1 fully saturated rings. The molecule has 0 saturated carbocycles. The van der Waals surface area contributed by atoms with Crippen molar-refractivity contribution in [1.82, 2.24) is 4.90 Å². The second-order valence-electron chi connectivity index (χ2n) is 5.78. The van der Waals surface area contributed by atoms with Crippen LogP contribution in [0, 0.1) is 0 Å². The number of methoxy groups -OCH3 is 1. The number of amides is 1. The van der Waals surface area contributed by atoms with Crippen LogP contribution in [0.4, 0.5) is 0 Å². The van der Waals surface area contributed by atoms with Crippen molar-refractivity contribution in [1.29, 1.82) is 0 Å². The van der Waals surface area contributed by atoms with Gasteiger partial charge in [0.25, 0.3) is 5.91 Å². The van der Waals surface area contributed by atoms with Gasteiger partial charge in [-0.25, -0.2) is 0 Å². The molecule has 1 heterocycles. The molecule has 0 bridgehead atoms. The molecular formula is C18H25NO6. The van der Waals surface area contributed by atoms with Gasteiger partial charge in [-0.15, -0.1) is 0 Å². The summed E-state index contributed by atoms with van der Waals surface area (Å²) in [6, 6.07) is 5.00. The van der Waals surface area contributed by atoms with Gasteiger partial charge in [-0.1, -0.05) is 0 Å². The summed E-state index contributed by atoms with van der Waals surface area (Å²) in [6.07, 6.45) is 1.33. The maximum atomic E-state index is 13.0. The molecule has 1 aromatic rings. The summed E-state index contributed by atoms with van der Waals surface area (Å²) in [5, 5.41) is 9.00. The highest BCUT2D eigenvalue weighted by Crippen LogP contribution is 2.29. The SMILES string of the molecule is CCOc1cc(C(=O)N(CCC(=O)O)C2CCOCC2)ccc1OC. The molecule has 0 spiro atoms. The lowest BCUT2D eigenvalue weighted by Gasteiger charge is -2.34. The van der Waals surface area contributed by atoms with E-state index in [1.165, 1.54) is 0 Å². The van der Waals surface area contributed by atoms with Crippen molar-refractivity contribution in [2.24, 2.45) is 0 Å². The lowest BCUT2D eigenvalue weighted by Crippen LogP contribution is -2.44. The number of nitrogens with zero attached hydrogens (tertiary/aromatic N) is 1. The van der Waals surface area contributed by atoms with E-state index in [0.29, 0.717) is 49.7 Å². The highest BCUT2D eigenvalue weighted by Gasteiger charge is 2.27. The van der Waals surface area contributed by atoms with Crippen LogP contribution in [-0.4, -0.2) is 61.4 Å². The highest BCUT2D eigenvalue weighted by molar-refractivity contribution is 5.95. The maximum absolute atomic E-state index is 13.0. The molecule has 2 rings (SSSR count). The van der Waals surface area contributed by atoms with E-state index in [-0.39, 0.29) is 24.9 Å². The zero-order valence-electron chi connectivity index (χ0n) is 14.7. The molecule has 0 aliphatic carbocycles. The van der Waals surface area contributed by atoms with Crippen LogP contribution in [0.25, 0.3) is 0 Å². The molecule has 1 aliphatic heterocycles. The van der Waals surface area contributed by atoms with Gasteiger partial charge in [-0.3, -0.25) is 9.59 Å². The van der Waals surface area contributed by atoms with Crippen molar-refractivity contribution in [2.75, 3.05) is 33.5 Å². The Labute approximate surface area is 147 Å². The van der Waals surface area contributed by atoms with Gasteiger partial charge in [0.15, 0.2) is 11.5 Å². The van der Waals surface area contributed by atoms with Crippen LogP contribution >= 0.6 is 0 Å². The standard InChI is InChI=1S/C18H25NO6/c1-3-25-16-12-13(4-5-15(16)23-2)18(22)19(9-6-17(20)21)14-7-10-24-11-8-14/h4-5,12,14H,3,6-11H2,1-2H3,(H,20,21). The first-order valence-electron chi connectivity index (χ1n) is 8.48. The van der Waals surface area contributed by atoms with Crippen molar-refractivity contribution in [3.05, 3.63) is 23.8 Å². The summed E-state index contributed by atoms with van der Waals surface area (Å²) < 4.78 is 16.1. The number of carbonyl (C=O) groups is 2. The molecule has 1 aliphatic rings. The molecule has 7 nitrogen and oxygen atoms in total. The van der Waals surface area contributed by atoms with Crippen LogP contribution in [0.15, 0.2) is 18.2 Å². The Bertz CT molecular complexity index is 597. The molecule has 25 heavy (non-hydrogen) atoms. The first-order chi connectivity index (χ1) is 12.1. The second-order valence-corrected chi connectivity index (χ2v) is 5.78. The summed E-state index contributed by atoms with van der Waals surface area (Å²) in [6.45, 7) is 3.64. The third-order valence-electron chi connectivity index (χ3n) is 4.17. The molecule has 0 unspecified atom stereocenters. The highest BCUT2D eigenvalue weighted by atomic mass is 16.5. The molecule has 138 valence electrons. The van der Waals surface area contributed by atoms with Gasteiger partial charge in [0.2, 0.25) is 0 Å². The van der Waals surface area contributed by atoms with E-state index in [1.807, 2.05) is 6.92 Å². The Hall–Kier alpha value is -2.28. The van der Waals surface area contributed by atoms with Gasteiger partial charge < -0.3 is 24.2 Å². The molecule has 1 N–H and O–H groups in total. The topological polar surface area (TPSA) is 85.3 Å². The first kappa shape index (κ1) is 19.1. The fraction of sp³-hybridized carbons (Fsp3) is 0.556. The average molecular weight is 351 g/mol. The summed E-state index contributed by atoms with van der Waals surface area (Å²) in [4.78, 5) is 25.6. The van der Waals surface area contributed by atoms with E-state index in [4.69, 9.17) is 19.3 Å². The number of hydrogen-bond donors (Lipinski definition) is 1. The largest absolute Gasteiger partial charge is 0.493 e. The predicted octanol–water partition coefficient (Wildman–Crippen LogP) is 2.19. The molecule has 0 atom stereocenters. The van der Waals surface area contributed by atoms with Crippen molar-refractivity contribution in [3.8, 4) is 11.5 Å². The van der Waals surface area contributed by atoms with E-state index in [0.717, 1.165) is 0 Å². The van der Waals surface area contributed by atoms with Crippen molar-refractivity contribution in [3.63, 3.8) is 0 Å². The van der Waals surface area contributed by atoms with Crippen molar-refractivity contribution in [2.45, 2.75) is 32.2 Å². The quantitative estimate of drug-likeness (QED) is 0.773. The number of carboxylic acid groups (broad SMARTS) is 1. The summed E-state index contributed by atoms with van der Waals surface area (Å²) in [7, 11) is 1.54. The number of carbonyl (C=O) groups excluding carboxylic acids is 1. The molecule has 7 heteroatoms. The third-order valence-corrected chi connectivity index (χ3v) is 4.17. The van der Waals surface area contributed by atoms with Crippen LogP contribution in [0.5, 0.6) is 11.5 Å². The zero-order valence-corrected chi connectivity index (χ0v) is 14.7. The number of carboxylic acids is 1. The zero-order chi connectivity index (χ0) is 18.2. The molecule has 0 aromatic heterocycles. The van der Waals surface area contributed by atoms with Gasteiger partial charge in [0.1, 0.15) is 0 Å². The van der Waals surface area contributed by atoms with Crippen LogP contribution in [0.2, 0.25) is 0 Å². The fourth-order valence-electron chi connectivity index (χ4n) is 2.91. The number of aliphatic carboxylic acids is 1. The monoisotopic (exact) mass is 351 g/mol. The molecule has 1 amide bonds. The van der Waals surface area contributed by atoms with Crippen LogP contribution < -0.4 is 9.47 Å². The molecule has 1 saturated heterocycles. The Morgan fingerprint density at radius 2 is 2.00 bits per heavy atom. The number of hydrogen-bond acceptors (Lipinski definition) is 5. The van der Waals surface area contributed by atoms with Gasteiger partial charge in [0, 0.05) is 31.4 Å². The summed E-state index contributed by atoms with van der Waals surface area (Å²) in [5.41, 5.74) is 0.459. The van der Waals surface area contributed by atoms with E-state index in [9.17, 15) is 9.59 Å². The van der Waals surface area contributed by atoms with Gasteiger partial charge in [-0.05, 0) is 38.0 Å². The Balaban J connectivity index is 2.24. The number of benzene rings is 1. The number of rotatable bonds is 8. The van der Waals surface area contributed by atoms with Crippen molar-refractivity contribution < 1.29 is 28.9 Å². The lowest BCUT2D eigenvalue weighted by atomic mass is 10.0. The van der Waals surface area contributed by atoms with Crippen LogP contribution in [-0.2, 0) is 9.53 Å². The Kier molecular flexibility index (Phi) is 7.06. The number of ether oxygens (including phenoxy) is 3. The van der Waals surface area contributed by atoms with Crippen LogP contribution in [0.1, 0.15) is 36.5 Å². The van der Waals surface area contributed by atoms with Gasteiger partial charge in [0.05, 0.1) is 20.1 Å². The maximum Gasteiger partial charge on any atom is 0.305 e. The predicted molar refractivity (Wildman–Crippen MR) is 91.3 cm³/mol. The molecular weight excluding hydrogens is 326 g/mol. The van der Waals surface area contributed by atoms with Crippen molar-refractivity contribution >= 4 is 11.9 Å². The average Bonchev–Trinajstić information content (AvgIpc) is 2.62. The summed E-state index contributed by atoms with van der Waals surface area (Å²) >= 11 is 0. The first-order valence-corrected chi connectivity index (χ1v) is 8.48. The van der Waals surface area contributed by atoms with Gasteiger partial charge in [-0.2, -0.15) is 0 Å². The van der Waals surface area contributed by atoms with Crippen LogP contribution in [0.3, 0.4) is 0 Å². The minimum Gasteiger partial charge on any atom is -0.493 e. The van der Waals surface area contributed by atoms with E-state index < -0.39 is 5.97 Å². The van der Waals surface area contributed by atoms with Gasteiger partial charge >= 0.3 is 5.97 Å². The minimum absolute atomic E-state index is 0.0155. The molecule has 1 aromatic carbocycles. The van der Waals surface area contributed by atoms with E-state index in [1.54, 1.807) is 30.2 Å². The second kappa shape index (κ2) is 9.27. The smallest absolute Gasteiger partial charge is 0.305 e. The third kappa shape index (κ3) is 5.09. The Morgan fingerprint density at radius 3 is 2.60 bits per heavy atom. The Morgan fingerprint density at radius 1 is 1.28 bits per heavy atom. The minimum atomic E-state index is -0.922. The summed E-state index contributed by atoms with van der Waals surface area (Å²) in [5.74, 6) is -0.0612. The van der Waals surface area contributed by atoms with E-state index in [2.05, 4.69) is 0 Å². The normalized spacial score (nSPS) is 14.8. The van der Waals surface area contributed by atoms with E-state index >= 15 is 0 Å². The fourth-order valence-corrected chi connectivity index (χ4v) is 2.91. The lowest BCUT2D eigenvalue weighted by molar-refractivity contribution is -0.137.